The van der Waals surface area contributed by atoms with Gasteiger partial charge < -0.3 is 10.4 Å². The van der Waals surface area contributed by atoms with Crippen molar-refractivity contribution in [2.45, 2.75) is 43.3 Å². The normalized spacial score (nSPS) is 12.7. The smallest absolute Gasteiger partial charge is 0.405 e. The van der Waals surface area contributed by atoms with Gasteiger partial charge in [0.15, 0.2) is 0 Å². The molecule has 1 amide bonds. The van der Waals surface area contributed by atoms with E-state index in [-0.39, 0.29) is 23.3 Å². The van der Waals surface area contributed by atoms with Crippen molar-refractivity contribution in [2.75, 3.05) is 6.54 Å². The van der Waals surface area contributed by atoms with Gasteiger partial charge in [-0.1, -0.05) is 0 Å². The number of nitrogens with one attached hydrogen (secondary N) is 2. The van der Waals surface area contributed by atoms with Gasteiger partial charge in [-0.15, -0.1) is 0 Å². The summed E-state index contributed by atoms with van der Waals surface area (Å²) >= 11 is 0. The highest BCUT2D eigenvalue weighted by atomic mass is 32.2. The van der Waals surface area contributed by atoms with Gasteiger partial charge in [0.25, 0.3) is 5.91 Å². The molecule has 146 valence electrons. The number of carboxylic acids is 1. The molecule has 0 aliphatic rings. The quantitative estimate of drug-likeness (QED) is 0.621. The van der Waals surface area contributed by atoms with Crippen LogP contribution >= 0.6 is 0 Å². The summed E-state index contributed by atoms with van der Waals surface area (Å²) in [5, 5.41) is 10.4. The third-order valence-corrected chi connectivity index (χ3v) is 4.96. The molecule has 0 atom stereocenters. The van der Waals surface area contributed by atoms with E-state index in [2.05, 4.69) is 4.72 Å². The highest BCUT2D eigenvalue weighted by molar-refractivity contribution is 7.89. The Hall–Kier alpha value is -2.14. The Labute approximate surface area is 148 Å². The predicted molar refractivity (Wildman–Crippen MR) is 86.1 cm³/mol. The minimum Gasteiger partial charge on any atom is -0.481 e. The number of aliphatic carboxylic acids is 1. The van der Waals surface area contributed by atoms with Gasteiger partial charge in [-0.05, 0) is 44.5 Å². The van der Waals surface area contributed by atoms with Crippen molar-refractivity contribution in [2.24, 2.45) is 0 Å². The van der Waals surface area contributed by atoms with Gasteiger partial charge in [-0.3, -0.25) is 9.59 Å². The fourth-order valence-electron chi connectivity index (χ4n) is 1.96. The molecule has 0 saturated heterocycles. The van der Waals surface area contributed by atoms with Crippen LogP contribution in [0.1, 0.15) is 37.0 Å². The largest absolute Gasteiger partial charge is 0.481 e. The third kappa shape index (κ3) is 7.40. The number of amides is 1. The van der Waals surface area contributed by atoms with Crippen molar-refractivity contribution >= 4 is 21.9 Å². The Morgan fingerprint density at radius 3 is 2.12 bits per heavy atom. The van der Waals surface area contributed by atoms with Gasteiger partial charge >= 0.3 is 12.1 Å². The summed E-state index contributed by atoms with van der Waals surface area (Å²) in [5.41, 5.74) is -1.15. The number of carbonyl (C=O) groups excluding carboxylic acids is 1. The number of benzene rings is 1. The van der Waals surface area contributed by atoms with E-state index >= 15 is 0 Å². The summed E-state index contributed by atoms with van der Waals surface area (Å²) in [5.74, 6) is -2.05. The molecule has 0 radical (unpaired) electrons. The summed E-state index contributed by atoms with van der Waals surface area (Å²) in [6.07, 6.45) is -4.72. The van der Waals surface area contributed by atoms with Crippen LogP contribution in [0.25, 0.3) is 0 Å². The molecule has 1 aromatic carbocycles. The van der Waals surface area contributed by atoms with E-state index in [0.717, 1.165) is 24.3 Å². The summed E-state index contributed by atoms with van der Waals surface area (Å²) in [6.45, 7) is 1.55. The lowest BCUT2D eigenvalue weighted by Crippen LogP contribution is -2.43. The number of halogens is 3. The first-order chi connectivity index (χ1) is 11.7. The fourth-order valence-corrected chi connectivity index (χ4v) is 3.40. The lowest BCUT2D eigenvalue weighted by atomic mass is 10.0. The Morgan fingerprint density at radius 1 is 1.12 bits per heavy atom. The second-order valence-corrected chi connectivity index (χ2v) is 7.89. The summed E-state index contributed by atoms with van der Waals surface area (Å²) in [4.78, 5) is 22.0. The Kier molecular flexibility index (Phi) is 6.77. The highest BCUT2D eigenvalue weighted by Gasteiger charge is 2.29. The molecule has 0 aliphatic heterocycles. The maximum atomic E-state index is 12.3. The Balaban J connectivity index is 2.83. The summed E-state index contributed by atoms with van der Waals surface area (Å²) in [7, 11) is -4.00. The summed E-state index contributed by atoms with van der Waals surface area (Å²) < 4.78 is 63.3. The Bertz CT molecular complexity index is 758. The highest BCUT2D eigenvalue weighted by Crippen LogP contribution is 2.18. The van der Waals surface area contributed by atoms with Crippen molar-refractivity contribution in [3.8, 4) is 0 Å². The fraction of sp³-hybridized carbons (Fsp3) is 0.467. The SMILES string of the molecule is CC(C)(CCC(=O)O)NS(=O)(=O)c1ccc(C(=O)NCC(F)(F)F)cc1. The van der Waals surface area contributed by atoms with Crippen molar-refractivity contribution in [1.82, 2.24) is 10.0 Å². The topological polar surface area (TPSA) is 113 Å². The van der Waals surface area contributed by atoms with E-state index in [1.54, 1.807) is 5.32 Å². The molecular formula is C15H19F3N2O5S. The van der Waals surface area contributed by atoms with E-state index in [0.29, 0.717) is 0 Å². The van der Waals surface area contributed by atoms with Gasteiger partial charge in [-0.2, -0.15) is 13.2 Å². The molecule has 11 heteroatoms. The number of hydrogen-bond acceptors (Lipinski definition) is 4. The van der Waals surface area contributed by atoms with Crippen molar-refractivity contribution < 1.29 is 36.3 Å². The molecule has 7 nitrogen and oxygen atoms in total. The van der Waals surface area contributed by atoms with Gasteiger partial charge in [0.05, 0.1) is 4.90 Å². The number of sulfonamides is 1. The average molecular weight is 396 g/mol. The van der Waals surface area contributed by atoms with Gasteiger partial charge in [0.2, 0.25) is 10.0 Å². The number of rotatable bonds is 8. The molecule has 3 N–H and O–H groups in total. The van der Waals surface area contributed by atoms with Crippen LogP contribution in [0.2, 0.25) is 0 Å². The van der Waals surface area contributed by atoms with Crippen LogP contribution in [0.15, 0.2) is 29.2 Å². The zero-order valence-electron chi connectivity index (χ0n) is 14.1. The molecule has 0 bridgehead atoms. The van der Waals surface area contributed by atoms with Crippen LogP contribution in [0.5, 0.6) is 0 Å². The van der Waals surface area contributed by atoms with Gasteiger partial charge in [0.1, 0.15) is 6.54 Å². The molecule has 1 rings (SSSR count). The van der Waals surface area contributed by atoms with Crippen LogP contribution in [0.4, 0.5) is 13.2 Å². The number of carboxylic acid groups (broad SMARTS) is 1. The predicted octanol–water partition coefficient (Wildman–Crippen LogP) is 1.90. The molecular weight excluding hydrogens is 377 g/mol. The van der Waals surface area contributed by atoms with Crippen LogP contribution in [-0.2, 0) is 14.8 Å². The van der Waals surface area contributed by atoms with E-state index in [1.165, 1.54) is 13.8 Å². The van der Waals surface area contributed by atoms with Crippen LogP contribution in [-0.4, -0.2) is 43.7 Å². The maximum absolute atomic E-state index is 12.3. The molecule has 0 spiro atoms. The molecule has 0 unspecified atom stereocenters. The molecule has 0 saturated carbocycles. The lowest BCUT2D eigenvalue weighted by molar-refractivity contribution is -0.137. The van der Waals surface area contributed by atoms with Gasteiger partial charge in [-0.25, -0.2) is 13.1 Å². The molecule has 0 aliphatic carbocycles. The van der Waals surface area contributed by atoms with E-state index in [4.69, 9.17) is 5.11 Å². The first-order valence-electron chi connectivity index (χ1n) is 7.43. The second-order valence-electron chi connectivity index (χ2n) is 6.21. The standard InChI is InChI=1S/C15H19F3N2O5S/c1-14(2,8-7-12(21)22)20-26(24,25)11-5-3-10(4-6-11)13(23)19-9-15(16,17)18/h3-6,20H,7-9H2,1-2H3,(H,19,23)(H,21,22). The molecule has 1 aromatic rings. The molecule has 26 heavy (non-hydrogen) atoms. The monoisotopic (exact) mass is 396 g/mol. The van der Waals surface area contributed by atoms with E-state index < -0.39 is 40.2 Å². The molecule has 0 fully saturated rings. The van der Waals surface area contributed by atoms with E-state index in [9.17, 15) is 31.2 Å². The molecule has 0 aromatic heterocycles. The summed E-state index contributed by atoms with van der Waals surface area (Å²) in [6, 6.07) is 4.34. The zero-order chi connectivity index (χ0) is 20.2. The van der Waals surface area contributed by atoms with Crippen LogP contribution in [0.3, 0.4) is 0 Å². The minimum atomic E-state index is -4.55. The van der Waals surface area contributed by atoms with E-state index in [1.807, 2.05) is 0 Å². The Morgan fingerprint density at radius 2 is 1.65 bits per heavy atom. The minimum absolute atomic E-state index is 0.0551. The van der Waals surface area contributed by atoms with Crippen LogP contribution < -0.4 is 10.0 Å². The van der Waals surface area contributed by atoms with Gasteiger partial charge in [0, 0.05) is 17.5 Å². The van der Waals surface area contributed by atoms with Crippen molar-refractivity contribution in [3.63, 3.8) is 0 Å². The first-order valence-corrected chi connectivity index (χ1v) is 8.91. The lowest BCUT2D eigenvalue weighted by Gasteiger charge is -2.25. The van der Waals surface area contributed by atoms with Crippen molar-refractivity contribution in [1.29, 1.82) is 0 Å². The zero-order valence-corrected chi connectivity index (χ0v) is 14.9. The first kappa shape index (κ1) is 21.9. The third-order valence-electron chi connectivity index (χ3n) is 3.25. The van der Waals surface area contributed by atoms with Crippen LogP contribution in [0, 0.1) is 0 Å². The average Bonchev–Trinajstić information content (AvgIpc) is 2.49. The van der Waals surface area contributed by atoms with Crippen molar-refractivity contribution in [3.05, 3.63) is 29.8 Å². The number of carbonyl (C=O) groups is 2. The second kappa shape index (κ2) is 8.04. The number of hydrogen-bond donors (Lipinski definition) is 3. The molecule has 0 heterocycles. The maximum Gasteiger partial charge on any atom is 0.405 e. The number of alkyl halides is 3.